The van der Waals surface area contributed by atoms with Gasteiger partial charge in [-0.05, 0) is 49.4 Å². The number of nitrogens with zero attached hydrogens (tertiary/aromatic N) is 2. The molecule has 0 bridgehead atoms. The van der Waals surface area contributed by atoms with Crippen molar-refractivity contribution >= 4 is 45.3 Å². The summed E-state index contributed by atoms with van der Waals surface area (Å²) in [4.78, 5) is 33.2. The molecule has 156 valence electrons. The number of carbonyl (C=O) groups excluding carboxylic acids is 2. The first kappa shape index (κ1) is 20.7. The summed E-state index contributed by atoms with van der Waals surface area (Å²) in [6.45, 7) is 2.29. The Morgan fingerprint density at radius 3 is 2.52 bits per heavy atom. The first-order chi connectivity index (χ1) is 15.1. The van der Waals surface area contributed by atoms with E-state index in [4.69, 9.17) is 4.74 Å². The first-order valence-electron chi connectivity index (χ1n) is 9.33. The van der Waals surface area contributed by atoms with Crippen molar-refractivity contribution in [3.8, 4) is 5.75 Å². The van der Waals surface area contributed by atoms with Gasteiger partial charge in [-0.3, -0.25) is 14.9 Å². The molecule has 0 aliphatic carbocycles. The van der Waals surface area contributed by atoms with Crippen LogP contribution < -0.4 is 15.4 Å². The Bertz CT molecular complexity index is 1190. The van der Waals surface area contributed by atoms with Crippen LogP contribution in [0.4, 0.5) is 10.8 Å². The lowest BCUT2D eigenvalue weighted by atomic mass is 10.1. The van der Waals surface area contributed by atoms with Crippen LogP contribution in [-0.4, -0.2) is 21.8 Å². The zero-order chi connectivity index (χ0) is 21.6. The number of amides is 2. The van der Waals surface area contributed by atoms with Crippen LogP contribution in [0.15, 0.2) is 65.5 Å². The smallest absolute Gasteiger partial charge is 0.257 e. The van der Waals surface area contributed by atoms with Gasteiger partial charge in [0.1, 0.15) is 12.4 Å². The number of aryl methyl sites for hydroxylation is 1. The third-order valence-corrected chi connectivity index (χ3v) is 5.72. The molecule has 0 radical (unpaired) electrons. The van der Waals surface area contributed by atoms with Gasteiger partial charge in [-0.15, -0.1) is 22.7 Å². The lowest BCUT2D eigenvalue weighted by molar-refractivity contribution is 0.101. The fraction of sp³-hybridized carbons (Fsp3) is 0.0909. The van der Waals surface area contributed by atoms with Gasteiger partial charge >= 0.3 is 0 Å². The highest BCUT2D eigenvalue weighted by Gasteiger charge is 2.10. The highest BCUT2D eigenvalue weighted by atomic mass is 32.1. The molecule has 0 spiro atoms. The largest absolute Gasteiger partial charge is 0.487 e. The predicted molar refractivity (Wildman–Crippen MR) is 122 cm³/mol. The maximum absolute atomic E-state index is 12.6. The lowest BCUT2D eigenvalue weighted by Crippen LogP contribution is -2.13. The molecular formula is C22H18N4O3S2. The van der Waals surface area contributed by atoms with E-state index in [0.29, 0.717) is 34.3 Å². The summed E-state index contributed by atoms with van der Waals surface area (Å²) in [5.74, 6) is 0.0652. The number of thiazole rings is 2. The minimum absolute atomic E-state index is 0.256. The van der Waals surface area contributed by atoms with Gasteiger partial charge < -0.3 is 10.1 Å². The molecule has 2 heterocycles. The molecular weight excluding hydrogens is 432 g/mol. The zero-order valence-electron chi connectivity index (χ0n) is 16.5. The van der Waals surface area contributed by atoms with E-state index in [1.165, 1.54) is 11.3 Å². The van der Waals surface area contributed by atoms with Crippen molar-refractivity contribution in [3.05, 3.63) is 87.3 Å². The average molecular weight is 451 g/mol. The van der Waals surface area contributed by atoms with E-state index in [9.17, 15) is 9.59 Å². The maximum atomic E-state index is 12.6. The number of anilines is 2. The van der Waals surface area contributed by atoms with Gasteiger partial charge in [0.2, 0.25) is 0 Å². The third-order valence-electron chi connectivity index (χ3n) is 4.21. The van der Waals surface area contributed by atoms with Gasteiger partial charge in [0.25, 0.3) is 11.8 Å². The summed E-state index contributed by atoms with van der Waals surface area (Å²) in [6.07, 6.45) is 1.62. The molecule has 4 aromatic rings. The van der Waals surface area contributed by atoms with Crippen LogP contribution >= 0.6 is 22.7 Å². The molecule has 2 amide bonds. The van der Waals surface area contributed by atoms with E-state index in [2.05, 4.69) is 20.6 Å². The van der Waals surface area contributed by atoms with Gasteiger partial charge in [-0.1, -0.05) is 6.07 Å². The van der Waals surface area contributed by atoms with Crippen molar-refractivity contribution in [2.45, 2.75) is 13.5 Å². The summed E-state index contributed by atoms with van der Waals surface area (Å²) < 4.78 is 5.75. The Labute approximate surface area is 186 Å². The van der Waals surface area contributed by atoms with Gasteiger partial charge in [0.05, 0.1) is 10.7 Å². The molecule has 2 aromatic heterocycles. The number of nitrogens with one attached hydrogen (secondary N) is 2. The molecule has 0 atom stereocenters. The number of hydrogen-bond donors (Lipinski definition) is 2. The van der Waals surface area contributed by atoms with E-state index in [0.717, 1.165) is 10.7 Å². The third kappa shape index (κ3) is 5.53. The number of hydrogen-bond acceptors (Lipinski definition) is 7. The predicted octanol–water partition coefficient (Wildman–Crippen LogP) is 4.99. The molecule has 4 rings (SSSR count). The van der Waals surface area contributed by atoms with Crippen LogP contribution in [0.3, 0.4) is 0 Å². The van der Waals surface area contributed by atoms with Crippen molar-refractivity contribution in [3.63, 3.8) is 0 Å². The molecule has 7 nitrogen and oxygen atoms in total. The van der Waals surface area contributed by atoms with Crippen LogP contribution in [0.25, 0.3) is 0 Å². The molecule has 0 unspecified atom stereocenters. The van der Waals surface area contributed by atoms with Crippen LogP contribution in [-0.2, 0) is 6.61 Å². The molecule has 0 aliphatic rings. The van der Waals surface area contributed by atoms with Crippen LogP contribution in [0, 0.1) is 6.92 Å². The summed E-state index contributed by atoms with van der Waals surface area (Å²) in [5, 5.41) is 10.8. The van der Waals surface area contributed by atoms with Gasteiger partial charge in [-0.25, -0.2) is 9.97 Å². The number of rotatable bonds is 7. The van der Waals surface area contributed by atoms with Crippen LogP contribution in [0.1, 0.15) is 31.4 Å². The molecule has 0 fully saturated rings. The Balaban J connectivity index is 1.36. The SMILES string of the molecule is Cc1nc(COc2cccc(C(=O)Nc3ccc(C(=O)Nc4nccs4)cc3)c2)cs1. The molecule has 31 heavy (non-hydrogen) atoms. The van der Waals surface area contributed by atoms with Crippen molar-refractivity contribution < 1.29 is 14.3 Å². The Kier molecular flexibility index (Phi) is 6.34. The summed E-state index contributed by atoms with van der Waals surface area (Å²) >= 11 is 2.92. The Morgan fingerprint density at radius 2 is 1.81 bits per heavy atom. The molecule has 2 N–H and O–H groups in total. The molecule has 0 saturated carbocycles. The summed E-state index contributed by atoms with van der Waals surface area (Å²) in [6, 6.07) is 13.6. The minimum atomic E-state index is -0.269. The number of carbonyl (C=O) groups is 2. The lowest BCUT2D eigenvalue weighted by Gasteiger charge is -2.09. The second kappa shape index (κ2) is 9.50. The fourth-order valence-corrected chi connectivity index (χ4v) is 3.84. The van der Waals surface area contributed by atoms with Gasteiger partial charge in [-0.2, -0.15) is 0 Å². The minimum Gasteiger partial charge on any atom is -0.487 e. The van der Waals surface area contributed by atoms with E-state index in [1.54, 1.807) is 71.4 Å². The average Bonchev–Trinajstić information content (AvgIpc) is 3.44. The van der Waals surface area contributed by atoms with Crippen molar-refractivity contribution in [2.24, 2.45) is 0 Å². The van der Waals surface area contributed by atoms with E-state index < -0.39 is 0 Å². The van der Waals surface area contributed by atoms with Gasteiger partial charge in [0.15, 0.2) is 5.13 Å². The Morgan fingerprint density at radius 1 is 1.00 bits per heavy atom. The van der Waals surface area contributed by atoms with Crippen LogP contribution in [0.2, 0.25) is 0 Å². The van der Waals surface area contributed by atoms with Crippen LogP contribution in [0.5, 0.6) is 5.75 Å². The van der Waals surface area contributed by atoms with Crippen molar-refractivity contribution in [2.75, 3.05) is 10.6 Å². The topological polar surface area (TPSA) is 93.2 Å². The Hall–Kier alpha value is -3.56. The normalized spacial score (nSPS) is 10.5. The first-order valence-corrected chi connectivity index (χ1v) is 11.1. The van der Waals surface area contributed by atoms with Crippen molar-refractivity contribution in [1.29, 1.82) is 0 Å². The highest BCUT2D eigenvalue weighted by Crippen LogP contribution is 2.19. The molecule has 0 aliphatic heterocycles. The number of aromatic nitrogens is 2. The number of ether oxygens (including phenoxy) is 1. The quantitative estimate of drug-likeness (QED) is 0.414. The van der Waals surface area contributed by atoms with Crippen molar-refractivity contribution in [1.82, 2.24) is 9.97 Å². The van der Waals surface area contributed by atoms with E-state index >= 15 is 0 Å². The summed E-state index contributed by atoms with van der Waals surface area (Å²) in [5.41, 5.74) is 2.38. The monoisotopic (exact) mass is 450 g/mol. The zero-order valence-corrected chi connectivity index (χ0v) is 18.1. The van der Waals surface area contributed by atoms with E-state index in [-0.39, 0.29) is 11.8 Å². The molecule has 2 aromatic carbocycles. The maximum Gasteiger partial charge on any atom is 0.257 e. The van der Waals surface area contributed by atoms with Gasteiger partial charge in [0, 0.05) is 33.8 Å². The molecule has 9 heteroatoms. The number of benzene rings is 2. The molecule has 0 saturated heterocycles. The highest BCUT2D eigenvalue weighted by molar-refractivity contribution is 7.13. The second-order valence-corrected chi connectivity index (χ2v) is 8.45. The fourth-order valence-electron chi connectivity index (χ4n) is 2.72. The second-order valence-electron chi connectivity index (χ2n) is 6.50. The summed E-state index contributed by atoms with van der Waals surface area (Å²) in [7, 11) is 0. The van der Waals surface area contributed by atoms with E-state index in [1.807, 2.05) is 12.3 Å². The standard InChI is InChI=1S/C22H18N4O3S2/c1-14-24-18(13-31-14)12-29-19-4-2-3-16(11-19)21(28)25-17-7-5-15(6-8-17)20(27)26-22-23-9-10-30-22/h2-11,13H,12H2,1H3,(H,25,28)(H,23,26,27).